The molecule has 2 N–H and O–H groups in total. The smallest absolute Gasteiger partial charge is 0.237 e. The Morgan fingerprint density at radius 1 is 1.15 bits per heavy atom. The van der Waals surface area contributed by atoms with Gasteiger partial charge in [-0.05, 0) is 36.5 Å². The van der Waals surface area contributed by atoms with Gasteiger partial charge in [0.15, 0.2) is 11.5 Å². The highest BCUT2D eigenvalue weighted by atomic mass is 16.5. The SMILES string of the molecule is COc1cc(Nc2nc(-c3cnc4c(c3)NCCO4)cn3ccnc23)ccc1C1CCOCC1. The average Bonchev–Trinajstić information content (AvgIpc) is 3.38. The summed E-state index contributed by atoms with van der Waals surface area (Å²) < 4.78 is 18.8. The number of imidazole rings is 1. The number of ether oxygens (including phenoxy) is 3. The fraction of sp³-hybridized carbons (Fsp3) is 0.320. The minimum Gasteiger partial charge on any atom is -0.496 e. The van der Waals surface area contributed by atoms with E-state index >= 15 is 0 Å². The number of aromatic nitrogens is 4. The summed E-state index contributed by atoms with van der Waals surface area (Å²) in [6.45, 7) is 2.96. The monoisotopic (exact) mass is 458 g/mol. The Bertz CT molecular complexity index is 1330. The van der Waals surface area contributed by atoms with Crippen LogP contribution < -0.4 is 20.1 Å². The number of nitrogens with one attached hydrogen (secondary N) is 2. The van der Waals surface area contributed by atoms with Crippen LogP contribution in [-0.4, -0.2) is 52.8 Å². The number of hydrogen-bond donors (Lipinski definition) is 2. The molecule has 3 aromatic heterocycles. The Hall–Kier alpha value is -3.85. The van der Waals surface area contributed by atoms with E-state index in [2.05, 4.69) is 32.7 Å². The highest BCUT2D eigenvalue weighted by molar-refractivity contribution is 5.75. The summed E-state index contributed by atoms with van der Waals surface area (Å²) in [5.41, 5.74) is 5.40. The number of rotatable bonds is 5. The van der Waals surface area contributed by atoms with Crippen LogP contribution in [0.1, 0.15) is 24.3 Å². The Morgan fingerprint density at radius 2 is 2.06 bits per heavy atom. The van der Waals surface area contributed by atoms with E-state index in [4.69, 9.17) is 19.2 Å². The second-order valence-electron chi connectivity index (χ2n) is 8.45. The van der Waals surface area contributed by atoms with E-state index in [-0.39, 0.29) is 0 Å². The van der Waals surface area contributed by atoms with E-state index in [1.807, 2.05) is 28.9 Å². The van der Waals surface area contributed by atoms with Gasteiger partial charge >= 0.3 is 0 Å². The molecule has 0 radical (unpaired) electrons. The van der Waals surface area contributed by atoms with Gasteiger partial charge in [-0.25, -0.2) is 15.0 Å². The van der Waals surface area contributed by atoms with Crippen molar-refractivity contribution in [1.29, 1.82) is 0 Å². The first-order valence-corrected chi connectivity index (χ1v) is 11.5. The van der Waals surface area contributed by atoms with Crippen molar-refractivity contribution in [3.63, 3.8) is 0 Å². The second kappa shape index (κ2) is 8.83. The molecule has 9 nitrogen and oxygen atoms in total. The molecule has 2 aliphatic heterocycles. The van der Waals surface area contributed by atoms with Crippen LogP contribution in [-0.2, 0) is 4.74 Å². The summed E-state index contributed by atoms with van der Waals surface area (Å²) in [5.74, 6) is 2.60. The van der Waals surface area contributed by atoms with Gasteiger partial charge in [-0.3, -0.25) is 0 Å². The molecule has 1 fully saturated rings. The third-order valence-corrected chi connectivity index (χ3v) is 6.33. The maximum Gasteiger partial charge on any atom is 0.237 e. The lowest BCUT2D eigenvalue weighted by atomic mass is 9.91. The third-order valence-electron chi connectivity index (χ3n) is 6.33. The van der Waals surface area contributed by atoms with Crippen LogP contribution in [0.2, 0.25) is 0 Å². The number of nitrogens with zero attached hydrogens (tertiary/aromatic N) is 4. The summed E-state index contributed by atoms with van der Waals surface area (Å²) in [5, 5.41) is 6.78. The molecular formula is C25H26N6O3. The average molecular weight is 459 g/mol. The Labute approximate surface area is 197 Å². The number of anilines is 3. The summed E-state index contributed by atoms with van der Waals surface area (Å²) >= 11 is 0. The van der Waals surface area contributed by atoms with E-state index in [1.54, 1.807) is 19.5 Å². The zero-order valence-corrected chi connectivity index (χ0v) is 19.0. The van der Waals surface area contributed by atoms with Gasteiger partial charge in [0, 0.05) is 61.9 Å². The molecule has 174 valence electrons. The molecule has 2 aliphatic rings. The molecule has 1 saturated heterocycles. The van der Waals surface area contributed by atoms with Crippen LogP contribution in [0.4, 0.5) is 17.2 Å². The predicted molar refractivity (Wildman–Crippen MR) is 129 cm³/mol. The molecule has 0 aliphatic carbocycles. The van der Waals surface area contributed by atoms with Crippen molar-refractivity contribution in [3.8, 4) is 22.9 Å². The fourth-order valence-electron chi connectivity index (χ4n) is 4.59. The molecule has 0 saturated carbocycles. The minimum atomic E-state index is 0.451. The first kappa shape index (κ1) is 20.7. The van der Waals surface area contributed by atoms with Crippen LogP contribution in [0.25, 0.3) is 16.9 Å². The van der Waals surface area contributed by atoms with Crippen molar-refractivity contribution in [2.45, 2.75) is 18.8 Å². The molecule has 4 aromatic rings. The van der Waals surface area contributed by atoms with Gasteiger partial charge in [-0.1, -0.05) is 6.07 Å². The molecule has 0 atom stereocenters. The van der Waals surface area contributed by atoms with Crippen LogP contribution in [0.5, 0.6) is 11.6 Å². The highest BCUT2D eigenvalue weighted by Crippen LogP contribution is 2.36. The lowest BCUT2D eigenvalue weighted by Gasteiger charge is -2.24. The lowest BCUT2D eigenvalue weighted by Crippen LogP contribution is -2.18. The van der Waals surface area contributed by atoms with Crippen molar-refractivity contribution in [2.24, 2.45) is 0 Å². The first-order chi connectivity index (χ1) is 16.8. The van der Waals surface area contributed by atoms with Gasteiger partial charge in [-0.15, -0.1) is 0 Å². The molecule has 0 unspecified atom stereocenters. The molecule has 9 heteroatoms. The highest BCUT2D eigenvalue weighted by Gasteiger charge is 2.20. The van der Waals surface area contributed by atoms with Crippen molar-refractivity contribution < 1.29 is 14.2 Å². The molecule has 5 heterocycles. The van der Waals surface area contributed by atoms with Gasteiger partial charge < -0.3 is 29.2 Å². The van der Waals surface area contributed by atoms with Gasteiger partial charge in [0.1, 0.15) is 12.4 Å². The van der Waals surface area contributed by atoms with Crippen LogP contribution >= 0.6 is 0 Å². The van der Waals surface area contributed by atoms with E-state index in [9.17, 15) is 0 Å². The van der Waals surface area contributed by atoms with Gasteiger partial charge in [0.2, 0.25) is 5.88 Å². The number of hydrogen-bond acceptors (Lipinski definition) is 8. The van der Waals surface area contributed by atoms with Crippen molar-refractivity contribution >= 4 is 22.8 Å². The summed E-state index contributed by atoms with van der Waals surface area (Å²) in [6.07, 6.45) is 9.43. The molecule has 0 spiro atoms. The number of methoxy groups -OCH3 is 1. The third kappa shape index (κ3) is 3.88. The van der Waals surface area contributed by atoms with E-state index in [0.717, 1.165) is 66.6 Å². The fourth-order valence-corrected chi connectivity index (χ4v) is 4.59. The zero-order chi connectivity index (χ0) is 22.9. The lowest BCUT2D eigenvalue weighted by molar-refractivity contribution is 0.0848. The Kier molecular flexibility index (Phi) is 5.38. The standard InChI is InChI=1S/C25H26N6O3/c1-32-22-13-18(2-3-19(22)16-4-9-33-10-5-16)29-23-24-27-6-8-31(24)15-21(30-23)17-12-20-25(28-14-17)34-11-7-26-20/h2-3,6,8,12-16,26H,4-5,7,9-11H2,1H3,(H,29,30). The summed E-state index contributed by atoms with van der Waals surface area (Å²) in [6, 6.07) is 8.26. The quantitative estimate of drug-likeness (QED) is 0.459. The van der Waals surface area contributed by atoms with Crippen LogP contribution in [0.15, 0.2) is 49.1 Å². The molecular weight excluding hydrogens is 432 g/mol. The Morgan fingerprint density at radius 3 is 2.94 bits per heavy atom. The molecule has 6 rings (SSSR count). The zero-order valence-electron chi connectivity index (χ0n) is 19.0. The minimum absolute atomic E-state index is 0.451. The predicted octanol–water partition coefficient (Wildman–Crippen LogP) is 4.24. The molecule has 0 bridgehead atoms. The number of pyridine rings is 1. The summed E-state index contributed by atoms with van der Waals surface area (Å²) in [4.78, 5) is 13.9. The van der Waals surface area contributed by atoms with E-state index < -0.39 is 0 Å². The number of fused-ring (bicyclic) bond motifs is 2. The largest absolute Gasteiger partial charge is 0.496 e. The van der Waals surface area contributed by atoms with Gasteiger partial charge in [-0.2, -0.15) is 0 Å². The number of benzene rings is 1. The van der Waals surface area contributed by atoms with E-state index in [0.29, 0.717) is 24.2 Å². The van der Waals surface area contributed by atoms with Crippen molar-refractivity contribution in [1.82, 2.24) is 19.4 Å². The van der Waals surface area contributed by atoms with Crippen molar-refractivity contribution in [2.75, 3.05) is 44.1 Å². The maximum absolute atomic E-state index is 5.75. The maximum atomic E-state index is 5.75. The summed E-state index contributed by atoms with van der Waals surface area (Å²) in [7, 11) is 1.72. The van der Waals surface area contributed by atoms with Gasteiger partial charge in [0.05, 0.1) is 18.5 Å². The Balaban J connectivity index is 1.35. The topological polar surface area (TPSA) is 94.8 Å². The first-order valence-electron chi connectivity index (χ1n) is 11.5. The normalized spacial score (nSPS) is 15.9. The van der Waals surface area contributed by atoms with Crippen LogP contribution in [0.3, 0.4) is 0 Å². The van der Waals surface area contributed by atoms with Crippen LogP contribution in [0, 0.1) is 0 Å². The van der Waals surface area contributed by atoms with Gasteiger partial charge in [0.25, 0.3) is 0 Å². The molecule has 1 aromatic carbocycles. The molecule has 34 heavy (non-hydrogen) atoms. The van der Waals surface area contributed by atoms with Crippen molar-refractivity contribution in [3.05, 3.63) is 54.6 Å². The molecule has 0 amide bonds. The second-order valence-corrected chi connectivity index (χ2v) is 8.45. The van der Waals surface area contributed by atoms with E-state index in [1.165, 1.54) is 5.56 Å².